The molecule has 2 aliphatic rings. The van der Waals surface area contributed by atoms with Crippen molar-refractivity contribution in [1.29, 1.82) is 0 Å². The lowest BCUT2D eigenvalue weighted by Gasteiger charge is -2.40. The molecule has 6 atom stereocenters. The molecule has 1 saturated carbocycles. The predicted molar refractivity (Wildman–Crippen MR) is 69.9 cm³/mol. The van der Waals surface area contributed by atoms with Gasteiger partial charge >= 0.3 is 0 Å². The van der Waals surface area contributed by atoms with Gasteiger partial charge in [0.2, 0.25) is 0 Å². The highest BCUT2D eigenvalue weighted by Gasteiger charge is 2.51. The number of likely N-dealkylation sites (N-methyl/N-ethyl adjacent to an activating group) is 1. The summed E-state index contributed by atoms with van der Waals surface area (Å²) in [5.74, 6) is 2.21. The Balaban J connectivity index is 2.04. The number of rotatable bonds is 5. The van der Waals surface area contributed by atoms with Crippen molar-refractivity contribution in [3.63, 3.8) is 0 Å². The van der Waals surface area contributed by atoms with Gasteiger partial charge in [0.05, 0.1) is 13.2 Å². The maximum atomic E-state index is 5.64. The van der Waals surface area contributed by atoms with Crippen LogP contribution in [0.5, 0.6) is 0 Å². The Kier molecular flexibility index (Phi) is 4.64. The van der Waals surface area contributed by atoms with Crippen LogP contribution in [-0.4, -0.2) is 44.8 Å². The van der Waals surface area contributed by atoms with Gasteiger partial charge in [0.15, 0.2) is 6.29 Å². The molecule has 0 amide bonds. The predicted octanol–water partition coefficient (Wildman–Crippen LogP) is 2.29. The van der Waals surface area contributed by atoms with Crippen LogP contribution in [0.2, 0.25) is 0 Å². The molecule has 0 aromatic heterocycles. The van der Waals surface area contributed by atoms with Crippen molar-refractivity contribution >= 4 is 0 Å². The summed E-state index contributed by atoms with van der Waals surface area (Å²) in [5, 5.41) is 1.96. The smallest absolute Gasteiger partial charge is 0.185 e. The van der Waals surface area contributed by atoms with E-state index >= 15 is 0 Å². The van der Waals surface area contributed by atoms with Crippen LogP contribution in [0.4, 0.5) is 0 Å². The topological polar surface area (TPSA) is 34.2 Å². The van der Waals surface area contributed by atoms with Gasteiger partial charge in [-0.05, 0) is 30.6 Å². The minimum Gasteiger partial charge on any atom is -0.353 e. The Labute approximate surface area is 111 Å². The second kappa shape index (κ2) is 5.87. The summed E-state index contributed by atoms with van der Waals surface area (Å²) in [7, 11) is 5.44. The standard InChI is InChI=1S/C14H27NO3/c1-9-6-7-11(10(2)8-9)12(15(3)17-5)13-14(16-4)18-13/h9-14H,6-8H2,1-5H3. The van der Waals surface area contributed by atoms with Gasteiger partial charge in [-0.25, -0.2) is 0 Å². The van der Waals surface area contributed by atoms with E-state index in [-0.39, 0.29) is 12.4 Å². The maximum absolute atomic E-state index is 5.64. The van der Waals surface area contributed by atoms with E-state index in [4.69, 9.17) is 14.3 Å². The molecule has 0 radical (unpaired) electrons. The first kappa shape index (κ1) is 14.3. The Morgan fingerprint density at radius 3 is 2.44 bits per heavy atom. The molecule has 1 aliphatic carbocycles. The fourth-order valence-electron chi connectivity index (χ4n) is 3.58. The molecule has 0 spiro atoms. The van der Waals surface area contributed by atoms with Crippen LogP contribution >= 0.6 is 0 Å². The molecule has 0 N–H and O–H groups in total. The number of hydroxylamine groups is 2. The Morgan fingerprint density at radius 1 is 1.22 bits per heavy atom. The number of epoxide rings is 1. The van der Waals surface area contributed by atoms with Crippen molar-refractivity contribution in [3.05, 3.63) is 0 Å². The van der Waals surface area contributed by atoms with Crippen molar-refractivity contribution in [2.75, 3.05) is 21.3 Å². The molecule has 4 heteroatoms. The van der Waals surface area contributed by atoms with E-state index in [1.54, 1.807) is 14.2 Å². The first-order valence-electron chi connectivity index (χ1n) is 7.03. The van der Waals surface area contributed by atoms with Crippen molar-refractivity contribution in [2.24, 2.45) is 17.8 Å². The largest absolute Gasteiger partial charge is 0.353 e. The third-order valence-corrected chi connectivity index (χ3v) is 4.70. The van der Waals surface area contributed by atoms with Crippen molar-refractivity contribution < 1.29 is 14.3 Å². The number of hydrogen-bond acceptors (Lipinski definition) is 4. The highest BCUT2D eigenvalue weighted by Crippen LogP contribution is 2.42. The number of methoxy groups -OCH3 is 1. The molecule has 2 fully saturated rings. The van der Waals surface area contributed by atoms with Gasteiger partial charge in [-0.15, -0.1) is 0 Å². The molecular weight excluding hydrogens is 230 g/mol. The molecule has 0 bridgehead atoms. The van der Waals surface area contributed by atoms with Crippen molar-refractivity contribution in [3.8, 4) is 0 Å². The van der Waals surface area contributed by atoms with Gasteiger partial charge in [-0.3, -0.25) is 0 Å². The second-order valence-electron chi connectivity index (χ2n) is 5.98. The average molecular weight is 257 g/mol. The van der Waals surface area contributed by atoms with E-state index in [1.807, 2.05) is 12.1 Å². The molecule has 1 aliphatic heterocycles. The molecular formula is C14H27NO3. The van der Waals surface area contributed by atoms with Crippen LogP contribution in [0.3, 0.4) is 0 Å². The minimum atomic E-state index is -0.0425. The molecule has 106 valence electrons. The fourth-order valence-corrected chi connectivity index (χ4v) is 3.58. The zero-order valence-electron chi connectivity index (χ0n) is 12.3. The summed E-state index contributed by atoms with van der Waals surface area (Å²) < 4.78 is 10.9. The Morgan fingerprint density at radius 2 is 1.94 bits per heavy atom. The lowest BCUT2D eigenvalue weighted by atomic mass is 9.71. The molecule has 0 aromatic rings. The highest BCUT2D eigenvalue weighted by molar-refractivity contribution is 4.96. The van der Waals surface area contributed by atoms with Gasteiger partial charge in [0.1, 0.15) is 6.10 Å². The summed E-state index contributed by atoms with van der Waals surface area (Å²) >= 11 is 0. The molecule has 1 saturated heterocycles. The van der Waals surface area contributed by atoms with Crippen LogP contribution in [0.25, 0.3) is 0 Å². The third kappa shape index (κ3) is 2.87. The normalized spacial score (nSPS) is 42.0. The zero-order valence-corrected chi connectivity index (χ0v) is 12.3. The van der Waals surface area contributed by atoms with Gasteiger partial charge in [0.25, 0.3) is 0 Å². The summed E-state index contributed by atoms with van der Waals surface area (Å²) in [5.41, 5.74) is 0. The summed E-state index contributed by atoms with van der Waals surface area (Å²) in [6.07, 6.45) is 4.01. The van der Waals surface area contributed by atoms with Crippen LogP contribution in [0, 0.1) is 17.8 Å². The van der Waals surface area contributed by atoms with E-state index in [0.29, 0.717) is 12.0 Å². The van der Waals surface area contributed by atoms with Crippen LogP contribution in [0.15, 0.2) is 0 Å². The van der Waals surface area contributed by atoms with Crippen molar-refractivity contribution in [2.45, 2.75) is 51.5 Å². The summed E-state index contributed by atoms with van der Waals surface area (Å²) in [6.45, 7) is 4.72. The first-order chi connectivity index (χ1) is 8.58. The lowest BCUT2D eigenvalue weighted by Crippen LogP contribution is -2.46. The number of ether oxygens (including phenoxy) is 2. The van der Waals surface area contributed by atoms with E-state index < -0.39 is 0 Å². The van der Waals surface area contributed by atoms with Crippen molar-refractivity contribution in [1.82, 2.24) is 5.06 Å². The quantitative estimate of drug-likeness (QED) is 0.559. The van der Waals surface area contributed by atoms with E-state index in [2.05, 4.69) is 13.8 Å². The van der Waals surface area contributed by atoms with E-state index in [9.17, 15) is 0 Å². The Bertz CT molecular complexity index is 274. The molecule has 0 aromatic carbocycles. The minimum absolute atomic E-state index is 0.0425. The molecule has 6 unspecified atom stereocenters. The van der Waals surface area contributed by atoms with Crippen LogP contribution < -0.4 is 0 Å². The lowest BCUT2D eigenvalue weighted by molar-refractivity contribution is -0.168. The number of hydrogen-bond donors (Lipinski definition) is 0. The summed E-state index contributed by atoms with van der Waals surface area (Å²) in [4.78, 5) is 5.43. The van der Waals surface area contributed by atoms with Gasteiger partial charge in [-0.2, -0.15) is 5.06 Å². The molecule has 2 rings (SSSR count). The fraction of sp³-hybridized carbons (Fsp3) is 1.00. The van der Waals surface area contributed by atoms with Gasteiger partial charge in [0, 0.05) is 14.2 Å². The van der Waals surface area contributed by atoms with Gasteiger partial charge in [-0.1, -0.05) is 20.3 Å². The summed E-state index contributed by atoms with van der Waals surface area (Å²) in [6, 6.07) is 0.308. The van der Waals surface area contributed by atoms with Gasteiger partial charge < -0.3 is 14.3 Å². The maximum Gasteiger partial charge on any atom is 0.185 e. The molecule has 18 heavy (non-hydrogen) atoms. The highest BCUT2D eigenvalue weighted by atomic mass is 16.8. The third-order valence-electron chi connectivity index (χ3n) is 4.70. The second-order valence-corrected chi connectivity index (χ2v) is 5.98. The molecule has 4 nitrogen and oxygen atoms in total. The SMILES string of the molecule is COC1OC1C(C1CCC(C)CC1C)N(C)OC. The van der Waals surface area contributed by atoms with Crippen LogP contribution in [-0.2, 0) is 14.3 Å². The average Bonchev–Trinajstić information content (AvgIpc) is 3.11. The van der Waals surface area contributed by atoms with E-state index in [1.165, 1.54) is 19.3 Å². The zero-order chi connectivity index (χ0) is 13.3. The molecule has 1 heterocycles. The van der Waals surface area contributed by atoms with Crippen LogP contribution in [0.1, 0.15) is 33.1 Å². The first-order valence-corrected chi connectivity index (χ1v) is 7.03. The van der Waals surface area contributed by atoms with E-state index in [0.717, 1.165) is 11.8 Å². The number of nitrogens with zero attached hydrogens (tertiary/aromatic N) is 1. The Hall–Kier alpha value is -0.160. The monoisotopic (exact) mass is 257 g/mol.